The number of unbranched alkanes of at least 4 members (excludes halogenated alkanes) is 1. The van der Waals surface area contributed by atoms with E-state index in [0.717, 1.165) is 12.8 Å². The molecule has 0 radical (unpaired) electrons. The van der Waals surface area contributed by atoms with Crippen molar-refractivity contribution in [3.63, 3.8) is 0 Å². The summed E-state index contributed by atoms with van der Waals surface area (Å²) in [5, 5.41) is 0. The number of amides is 1. The molecule has 1 heterocycles. The number of carbonyl (C=O) groups is 1. The van der Waals surface area contributed by atoms with Gasteiger partial charge < -0.3 is 4.90 Å². The number of carbonyl (C=O) groups excluding carboxylic acids is 1. The molecule has 2 nitrogen and oxygen atoms in total. The van der Waals surface area contributed by atoms with E-state index in [4.69, 9.17) is 0 Å². The Labute approximate surface area is 86.3 Å². The first-order valence-corrected chi connectivity index (χ1v) is 5.31. The normalized spacial score (nSPS) is 26.6. The fraction of sp³-hybridized carbons (Fsp3) is 0.583. The van der Waals surface area contributed by atoms with Crippen molar-refractivity contribution in [1.82, 2.24) is 4.90 Å². The predicted molar refractivity (Wildman–Crippen MR) is 58.7 cm³/mol. The Morgan fingerprint density at radius 1 is 1.57 bits per heavy atom. The molecule has 0 N–H and O–H groups in total. The van der Waals surface area contributed by atoms with Crippen LogP contribution in [0.3, 0.4) is 0 Å². The van der Waals surface area contributed by atoms with Crippen LogP contribution in [0.5, 0.6) is 0 Å². The lowest BCUT2D eigenvalue weighted by Gasteiger charge is -2.19. The Balaban J connectivity index is 2.62. The van der Waals surface area contributed by atoms with Gasteiger partial charge in [0, 0.05) is 6.04 Å². The van der Waals surface area contributed by atoms with Gasteiger partial charge in [-0.15, -0.1) is 6.58 Å². The van der Waals surface area contributed by atoms with Crippen molar-refractivity contribution in [3.8, 4) is 0 Å². The minimum absolute atomic E-state index is 0.00913. The van der Waals surface area contributed by atoms with Gasteiger partial charge in [-0.1, -0.05) is 32.4 Å². The molecule has 0 saturated carbocycles. The Hall–Kier alpha value is -1.05. The molecule has 0 aromatic carbocycles. The molecule has 1 aliphatic rings. The van der Waals surface area contributed by atoms with E-state index < -0.39 is 0 Å². The number of nitrogens with zero attached hydrogens (tertiary/aromatic N) is 1. The largest absolute Gasteiger partial charge is 0.316 e. The third-order valence-electron chi connectivity index (χ3n) is 2.86. The second-order valence-electron chi connectivity index (χ2n) is 3.80. The van der Waals surface area contributed by atoms with E-state index in [9.17, 15) is 4.79 Å². The van der Waals surface area contributed by atoms with Crippen molar-refractivity contribution in [2.75, 3.05) is 0 Å². The molecule has 1 amide bonds. The molecule has 0 aromatic heterocycles. The molecule has 2 atom stereocenters. The Kier molecular flexibility index (Phi) is 3.93. The lowest BCUT2D eigenvalue weighted by Crippen LogP contribution is -2.28. The molecule has 0 aromatic rings. The van der Waals surface area contributed by atoms with E-state index in [1.54, 1.807) is 17.2 Å². The zero-order chi connectivity index (χ0) is 10.6. The van der Waals surface area contributed by atoms with Crippen LogP contribution in [0, 0.1) is 5.92 Å². The van der Waals surface area contributed by atoms with E-state index in [1.165, 1.54) is 12.8 Å². The zero-order valence-corrected chi connectivity index (χ0v) is 8.91. The van der Waals surface area contributed by atoms with Gasteiger partial charge in [0.05, 0.1) is 5.92 Å². The third kappa shape index (κ3) is 2.06. The van der Waals surface area contributed by atoms with Crippen LogP contribution in [-0.2, 0) is 4.79 Å². The summed E-state index contributed by atoms with van der Waals surface area (Å²) in [5.74, 6) is 0.172. The van der Waals surface area contributed by atoms with Gasteiger partial charge in [0.15, 0.2) is 0 Å². The topological polar surface area (TPSA) is 20.3 Å². The van der Waals surface area contributed by atoms with Gasteiger partial charge in [0.2, 0.25) is 5.91 Å². The fourth-order valence-electron chi connectivity index (χ4n) is 2.01. The summed E-state index contributed by atoms with van der Waals surface area (Å²) >= 11 is 0. The standard InChI is InChI=1S/C12H19NO/c1-4-7-8-11-9-10(5-2)12(14)13(11)6-3/h5-6,10-11H,2-4,7-9H2,1H3. The predicted octanol–water partition coefficient (Wildman–Crippen LogP) is 2.72. The van der Waals surface area contributed by atoms with Crippen molar-refractivity contribution in [2.24, 2.45) is 5.92 Å². The molecule has 14 heavy (non-hydrogen) atoms. The highest BCUT2D eigenvalue weighted by molar-refractivity contribution is 5.83. The van der Waals surface area contributed by atoms with Crippen LogP contribution in [-0.4, -0.2) is 16.8 Å². The lowest BCUT2D eigenvalue weighted by atomic mass is 10.0. The van der Waals surface area contributed by atoms with Gasteiger partial charge in [0.1, 0.15) is 0 Å². The molecular formula is C12H19NO. The maximum atomic E-state index is 11.7. The van der Waals surface area contributed by atoms with Gasteiger partial charge >= 0.3 is 0 Å². The monoisotopic (exact) mass is 193 g/mol. The number of rotatable bonds is 5. The maximum Gasteiger partial charge on any atom is 0.233 e. The van der Waals surface area contributed by atoms with E-state index >= 15 is 0 Å². The molecule has 0 aliphatic carbocycles. The van der Waals surface area contributed by atoms with E-state index in [2.05, 4.69) is 20.1 Å². The van der Waals surface area contributed by atoms with Crippen LogP contribution in [0.1, 0.15) is 32.6 Å². The minimum atomic E-state index is 0.00913. The summed E-state index contributed by atoms with van der Waals surface area (Å²) < 4.78 is 0. The molecule has 0 bridgehead atoms. The van der Waals surface area contributed by atoms with E-state index in [-0.39, 0.29) is 11.8 Å². The first kappa shape index (κ1) is 11.0. The Morgan fingerprint density at radius 3 is 2.79 bits per heavy atom. The van der Waals surface area contributed by atoms with Gasteiger partial charge in [-0.05, 0) is 19.0 Å². The van der Waals surface area contributed by atoms with Crippen molar-refractivity contribution < 1.29 is 4.79 Å². The van der Waals surface area contributed by atoms with Gasteiger partial charge in [-0.3, -0.25) is 4.79 Å². The van der Waals surface area contributed by atoms with Crippen molar-refractivity contribution in [2.45, 2.75) is 38.6 Å². The second kappa shape index (κ2) is 4.99. The second-order valence-corrected chi connectivity index (χ2v) is 3.80. The lowest BCUT2D eigenvalue weighted by molar-refractivity contribution is -0.128. The van der Waals surface area contributed by atoms with E-state index in [0.29, 0.717) is 6.04 Å². The first-order valence-electron chi connectivity index (χ1n) is 5.31. The highest BCUT2D eigenvalue weighted by atomic mass is 16.2. The minimum Gasteiger partial charge on any atom is -0.316 e. The molecular weight excluding hydrogens is 174 g/mol. The zero-order valence-electron chi connectivity index (χ0n) is 8.91. The molecule has 1 aliphatic heterocycles. The van der Waals surface area contributed by atoms with Crippen molar-refractivity contribution in [1.29, 1.82) is 0 Å². The average Bonchev–Trinajstić information content (AvgIpc) is 2.51. The first-order chi connectivity index (χ1) is 6.74. The SMILES string of the molecule is C=CC1CC(CCCC)N(C=C)C1=O. The Bertz CT molecular complexity index is 234. The van der Waals surface area contributed by atoms with Gasteiger partial charge in [-0.25, -0.2) is 0 Å². The molecule has 2 unspecified atom stereocenters. The molecule has 1 rings (SSSR count). The summed E-state index contributed by atoms with van der Waals surface area (Å²) in [6.45, 7) is 9.55. The number of likely N-dealkylation sites (tertiary alicyclic amines) is 1. The van der Waals surface area contributed by atoms with Crippen molar-refractivity contribution >= 4 is 5.91 Å². The molecule has 2 heteroatoms. The third-order valence-corrected chi connectivity index (χ3v) is 2.86. The quantitative estimate of drug-likeness (QED) is 0.615. The van der Waals surface area contributed by atoms with Gasteiger partial charge in [-0.2, -0.15) is 0 Å². The molecule has 1 fully saturated rings. The smallest absolute Gasteiger partial charge is 0.233 e. The van der Waals surface area contributed by atoms with Crippen molar-refractivity contribution in [3.05, 3.63) is 25.4 Å². The average molecular weight is 193 g/mol. The summed E-state index contributed by atoms with van der Waals surface area (Å²) in [7, 11) is 0. The molecule has 0 spiro atoms. The summed E-state index contributed by atoms with van der Waals surface area (Å²) in [6.07, 6.45) is 7.75. The van der Waals surface area contributed by atoms with E-state index in [1.807, 2.05) is 0 Å². The summed E-state index contributed by atoms with van der Waals surface area (Å²) in [5.41, 5.74) is 0. The highest BCUT2D eigenvalue weighted by Crippen LogP contribution is 2.28. The fourth-order valence-corrected chi connectivity index (χ4v) is 2.01. The van der Waals surface area contributed by atoms with Crippen LogP contribution in [0.2, 0.25) is 0 Å². The van der Waals surface area contributed by atoms with Crippen LogP contribution in [0.4, 0.5) is 0 Å². The summed E-state index contributed by atoms with van der Waals surface area (Å²) in [4.78, 5) is 13.5. The van der Waals surface area contributed by atoms with Crippen LogP contribution in [0.15, 0.2) is 25.4 Å². The molecule has 1 saturated heterocycles. The van der Waals surface area contributed by atoms with Gasteiger partial charge in [0.25, 0.3) is 0 Å². The maximum absolute atomic E-state index is 11.7. The van der Waals surface area contributed by atoms with Crippen LogP contribution >= 0.6 is 0 Å². The number of hydrogen-bond acceptors (Lipinski definition) is 1. The van der Waals surface area contributed by atoms with Crippen LogP contribution in [0.25, 0.3) is 0 Å². The highest BCUT2D eigenvalue weighted by Gasteiger charge is 2.35. The Morgan fingerprint density at radius 2 is 2.29 bits per heavy atom. The molecule has 78 valence electrons. The number of hydrogen-bond donors (Lipinski definition) is 0. The van der Waals surface area contributed by atoms with Crippen LogP contribution < -0.4 is 0 Å². The summed E-state index contributed by atoms with van der Waals surface area (Å²) in [6, 6.07) is 0.350.